The lowest BCUT2D eigenvalue weighted by Crippen LogP contribution is -2.52. The van der Waals surface area contributed by atoms with Crippen LogP contribution in [0.5, 0.6) is 17.2 Å². The number of unbranched alkanes of at least 4 members (excludes halogenated alkanes) is 5. The van der Waals surface area contributed by atoms with Gasteiger partial charge in [0.1, 0.15) is 28.7 Å². The van der Waals surface area contributed by atoms with Gasteiger partial charge in [0.2, 0.25) is 23.4 Å². The Bertz CT molecular complexity index is 4530. The summed E-state index contributed by atoms with van der Waals surface area (Å²) in [7, 11) is -13.2. The molecule has 558 valence electrons. The van der Waals surface area contributed by atoms with Gasteiger partial charge in [0.15, 0.2) is 27.6 Å². The first-order valence-electron chi connectivity index (χ1n) is 33.7. The van der Waals surface area contributed by atoms with E-state index in [-0.39, 0.29) is 60.7 Å². The van der Waals surface area contributed by atoms with Crippen molar-refractivity contribution in [1.82, 2.24) is 25.8 Å². The van der Waals surface area contributed by atoms with Gasteiger partial charge >= 0.3 is 12.0 Å². The Balaban J connectivity index is 0.892. The van der Waals surface area contributed by atoms with Crippen molar-refractivity contribution in [2.24, 2.45) is 0 Å². The molecule has 0 aliphatic carbocycles. The molecule has 2 aliphatic heterocycles. The van der Waals surface area contributed by atoms with Gasteiger partial charge in [0.05, 0.1) is 49.1 Å². The molecule has 3 atom stereocenters. The summed E-state index contributed by atoms with van der Waals surface area (Å²) in [6.07, 6.45) is 13.3. The van der Waals surface area contributed by atoms with E-state index in [4.69, 9.17) is 25.8 Å². The highest BCUT2D eigenvalue weighted by Crippen LogP contribution is 2.49. The monoisotopic (exact) mass is 1500 g/mol. The summed E-state index contributed by atoms with van der Waals surface area (Å²) in [5.41, 5.74) is 6.15. The van der Waals surface area contributed by atoms with Crippen molar-refractivity contribution in [1.29, 1.82) is 0 Å². The van der Waals surface area contributed by atoms with Crippen molar-refractivity contribution in [2.75, 3.05) is 63.3 Å². The number of nitrogens with zero attached hydrogens (tertiary/aromatic N) is 3. The fourth-order valence-corrected chi connectivity index (χ4v) is 14.5. The Hall–Kier alpha value is -8.91. The molecule has 0 bridgehead atoms. The number of pyridine rings is 1. The molecule has 0 saturated carbocycles. The highest BCUT2D eigenvalue weighted by Gasteiger charge is 2.44. The lowest BCUT2D eigenvalue weighted by Gasteiger charge is -2.27. The number of aryl methyl sites for hydroxylation is 2. The zero-order chi connectivity index (χ0) is 75.8. The Labute approximate surface area is 606 Å². The second-order valence-electron chi connectivity index (χ2n) is 26.1. The van der Waals surface area contributed by atoms with Crippen molar-refractivity contribution < 1.29 is 86.8 Å². The molecule has 0 spiro atoms. The third-order valence-corrected chi connectivity index (χ3v) is 21.2. The number of urea groups is 1. The minimum Gasteiger partial charge on any atom is -0.744 e. The molecule has 27 nitrogen and oxygen atoms in total. The summed E-state index contributed by atoms with van der Waals surface area (Å²) in [5.74, 6) is -3.74. The van der Waals surface area contributed by atoms with Gasteiger partial charge in [-0.3, -0.25) is 33.1 Å². The summed E-state index contributed by atoms with van der Waals surface area (Å²) >= 11 is 6.59. The van der Waals surface area contributed by atoms with Crippen molar-refractivity contribution in [3.05, 3.63) is 170 Å². The Morgan fingerprint density at radius 2 is 1.41 bits per heavy atom. The van der Waals surface area contributed by atoms with E-state index in [1.165, 1.54) is 34.0 Å². The van der Waals surface area contributed by atoms with E-state index in [9.17, 15) is 72.8 Å². The Morgan fingerprint density at radius 3 is 2.09 bits per heavy atom. The van der Waals surface area contributed by atoms with E-state index in [1.54, 1.807) is 69.3 Å². The van der Waals surface area contributed by atoms with E-state index in [0.717, 1.165) is 17.1 Å². The number of carbonyl (C=O) groups is 5. The number of fused-ring (bicyclic) bond motifs is 2. The maximum atomic E-state index is 14.4. The van der Waals surface area contributed by atoms with Crippen LogP contribution in [0, 0.1) is 13.8 Å². The summed E-state index contributed by atoms with van der Waals surface area (Å²) in [6.45, 7) is 14.3. The SMILES string of the molecule is CCOc1cccc([C@H](CC(=O)O)NC(=O)Nc2c(OCCCCCCNC(=O)C(CNC(=O)C(CNC(=O)CCCCCN3C(=CC=CC=CC4=[N+](C)c5ccc(C)cc5C4(C)C)C(C)(C)c4cc(S(=O)(=O)[O-])ccc43)S(=O)(=O)O)S(=O)(=O)O)c(C)cn(Cc3c(Cl)cccc3OCC)c2=O)c1. The van der Waals surface area contributed by atoms with Gasteiger partial charge in [0, 0.05) is 89.5 Å². The molecule has 1 aromatic heterocycles. The van der Waals surface area contributed by atoms with Crippen molar-refractivity contribution >= 4 is 94.5 Å². The Morgan fingerprint density at radius 1 is 0.738 bits per heavy atom. The number of halogens is 1. The predicted octanol–water partition coefficient (Wildman–Crippen LogP) is 9.07. The predicted molar refractivity (Wildman–Crippen MR) is 390 cm³/mol. The highest BCUT2D eigenvalue weighted by atomic mass is 35.5. The minimum atomic E-state index is -5.26. The number of hydrogen-bond donors (Lipinski definition) is 8. The molecule has 5 amide bonds. The molecule has 2 unspecified atom stereocenters. The zero-order valence-electron chi connectivity index (χ0n) is 59.0. The number of ether oxygens (including phenoxy) is 3. The molecule has 0 saturated heterocycles. The van der Waals surface area contributed by atoms with Gasteiger partial charge in [-0.1, -0.05) is 92.8 Å². The molecule has 0 fully saturated rings. The summed E-state index contributed by atoms with van der Waals surface area (Å²) in [6, 6.07) is 20.3. The molecule has 8 N–H and O–H groups in total. The van der Waals surface area contributed by atoms with Crippen LogP contribution in [-0.2, 0) is 66.9 Å². The third kappa shape index (κ3) is 21.4. The smallest absolute Gasteiger partial charge is 0.319 e. The van der Waals surface area contributed by atoms with E-state index >= 15 is 0 Å². The van der Waals surface area contributed by atoms with E-state index in [0.29, 0.717) is 96.3 Å². The molecule has 5 aromatic rings. The molecule has 0 radical (unpaired) electrons. The number of carboxylic acid groups (broad SMARTS) is 1. The molecule has 4 aromatic carbocycles. The number of nitrogens with one attached hydrogen (secondary N) is 5. The van der Waals surface area contributed by atoms with Gasteiger partial charge in [-0.25, -0.2) is 13.2 Å². The van der Waals surface area contributed by atoms with E-state index < -0.39 is 107 Å². The normalized spacial score (nSPS) is 15.3. The second kappa shape index (κ2) is 35.5. The van der Waals surface area contributed by atoms with Crippen LogP contribution in [0.25, 0.3) is 0 Å². The maximum Gasteiger partial charge on any atom is 0.319 e. The summed E-state index contributed by atoms with van der Waals surface area (Å²) in [5, 5.41) is 17.3. The first-order chi connectivity index (χ1) is 48.5. The average molecular weight is 1500 g/mol. The number of benzene rings is 4. The highest BCUT2D eigenvalue weighted by molar-refractivity contribution is 7.87. The van der Waals surface area contributed by atoms with Crippen LogP contribution in [0.2, 0.25) is 5.02 Å². The molecule has 7 rings (SSSR count). The quantitative estimate of drug-likeness (QED) is 0.00795. The largest absolute Gasteiger partial charge is 0.744 e. The fraction of sp³-hybridized carbons (Fsp3) is 0.431. The van der Waals surface area contributed by atoms with Gasteiger partial charge in [-0.2, -0.15) is 21.4 Å². The molecular weight excluding hydrogens is 1410 g/mol. The number of anilines is 2. The number of carbonyl (C=O) groups excluding carboxylic acids is 4. The van der Waals surface area contributed by atoms with Crippen LogP contribution in [0.3, 0.4) is 0 Å². The van der Waals surface area contributed by atoms with Crippen molar-refractivity contribution in [3.8, 4) is 17.2 Å². The average Bonchev–Trinajstić information content (AvgIpc) is 1.60. The number of hydrogen-bond acceptors (Lipinski definition) is 17. The minimum absolute atomic E-state index is 0.00405. The number of rotatable bonds is 37. The van der Waals surface area contributed by atoms with Crippen molar-refractivity contribution in [3.63, 3.8) is 0 Å². The van der Waals surface area contributed by atoms with E-state index in [2.05, 4.69) is 70.9 Å². The van der Waals surface area contributed by atoms with Crippen LogP contribution >= 0.6 is 11.6 Å². The van der Waals surface area contributed by atoms with Crippen LogP contribution < -0.4 is 51.3 Å². The lowest BCUT2D eigenvalue weighted by molar-refractivity contribution is -0.401. The van der Waals surface area contributed by atoms with Gasteiger partial charge < -0.3 is 59.9 Å². The maximum absolute atomic E-state index is 14.4. The molecule has 103 heavy (non-hydrogen) atoms. The summed E-state index contributed by atoms with van der Waals surface area (Å²) in [4.78, 5) is 81.3. The molecule has 3 heterocycles. The van der Waals surface area contributed by atoms with Crippen LogP contribution in [0.15, 0.2) is 131 Å². The molecule has 31 heteroatoms. The van der Waals surface area contributed by atoms with Crippen LogP contribution in [0.1, 0.15) is 139 Å². The number of aliphatic carboxylic acids is 1. The first kappa shape index (κ1) is 81.4. The first-order valence-corrected chi connectivity index (χ1v) is 38.5. The van der Waals surface area contributed by atoms with Crippen LogP contribution in [0.4, 0.5) is 21.9 Å². The third-order valence-electron chi connectivity index (χ3n) is 17.8. The topological polar surface area (TPSA) is 388 Å². The summed E-state index contributed by atoms with van der Waals surface area (Å²) < 4.78 is 127. The van der Waals surface area contributed by atoms with Crippen molar-refractivity contribution in [2.45, 2.75) is 152 Å². The number of allylic oxidation sites excluding steroid dienone is 6. The number of amides is 5. The standard InChI is InChI=1S/C72H91ClN8O19S3/c1-10-98-49-25-22-24-48(39-49)55(41-64(83)84)77-70(88)78-65-66(47(4)44-80(69(65)87)45-51-54(73)26-23-27-58(51)99-11-2)100-37-21-13-12-19-35-74-67(85)60(103(95,96)97)43-76-68(86)59(102(92,93)94)42-75-63(82)30-18-15-20-36-81-57-34-32-50(101(89,90)91)40-53(57)72(7,8)62(81)29-17-14-16-28-61-71(5,6)52-38-46(3)31-33-56(52)79(61)9/h14,16-17,22-29,31-34,38-40,44,55,59-60H,10-13,15,18-21,30,35-37,41-43,45H2,1-9H3,(H8-,74,75,76,77,78,82,83,84,85,86,88,89,90,91,92,93,94,95,96,97)/t55-,59?,60?/m0/s1. The van der Waals surface area contributed by atoms with Gasteiger partial charge in [-0.15, -0.1) is 0 Å². The van der Waals surface area contributed by atoms with Gasteiger partial charge in [-0.05, 0) is 133 Å². The Kier molecular flexibility index (Phi) is 28.1. The van der Waals surface area contributed by atoms with Gasteiger partial charge in [0.25, 0.3) is 25.8 Å². The number of aromatic nitrogens is 1. The molecular formula is C72H91ClN8O19S3. The zero-order valence-corrected chi connectivity index (χ0v) is 62.2. The lowest BCUT2D eigenvalue weighted by atomic mass is 9.81. The number of carboxylic acids is 1. The fourth-order valence-electron chi connectivity index (χ4n) is 12.5. The molecule has 2 aliphatic rings. The van der Waals surface area contributed by atoms with Crippen LogP contribution in [-0.4, -0.2) is 152 Å². The van der Waals surface area contributed by atoms with E-state index in [1.807, 2.05) is 55.4 Å². The second-order valence-corrected chi connectivity index (χ2v) is 31.1.